The van der Waals surface area contributed by atoms with Crippen molar-refractivity contribution in [3.8, 4) is 22.7 Å². The first-order chi connectivity index (χ1) is 15.6. The van der Waals surface area contributed by atoms with Crippen LogP contribution in [0, 0.1) is 12.7 Å². The Balaban J connectivity index is 1.69. The molecule has 4 aromatic rings. The molecule has 1 aromatic heterocycles. The maximum Gasteiger partial charge on any atom is 0.142 e. The van der Waals surface area contributed by atoms with Crippen molar-refractivity contribution in [1.82, 2.24) is 4.57 Å². The van der Waals surface area contributed by atoms with Gasteiger partial charge < -0.3 is 14.1 Å². The highest BCUT2D eigenvalue weighted by molar-refractivity contribution is 6.01. The summed E-state index contributed by atoms with van der Waals surface area (Å²) in [4.78, 5) is 5.56. The van der Waals surface area contributed by atoms with Gasteiger partial charge in [0, 0.05) is 16.9 Å². The molecule has 4 rings (SSSR count). The van der Waals surface area contributed by atoms with Gasteiger partial charge in [-0.15, -0.1) is 0 Å². The Morgan fingerprint density at radius 2 is 1.62 bits per heavy atom. The van der Waals surface area contributed by atoms with Crippen LogP contribution in [-0.2, 0) is 11.4 Å². The first-order valence-electron chi connectivity index (χ1n) is 10.4. The molecule has 0 spiro atoms. The second-order valence-electron chi connectivity index (χ2n) is 7.50. The Bertz CT molecular complexity index is 1210. The molecule has 0 atom stereocenters. The number of methoxy groups -OCH3 is 1. The van der Waals surface area contributed by atoms with E-state index in [1.807, 2.05) is 49.4 Å². The van der Waals surface area contributed by atoms with Gasteiger partial charge in [-0.25, -0.2) is 4.39 Å². The number of rotatable bonds is 7. The van der Waals surface area contributed by atoms with Crippen LogP contribution in [0.4, 0.5) is 4.39 Å². The molecule has 0 bridgehead atoms. The number of nitrogens with zero attached hydrogens (tertiary/aromatic N) is 2. The van der Waals surface area contributed by atoms with Crippen molar-refractivity contribution in [2.45, 2.75) is 20.5 Å². The summed E-state index contributed by atoms with van der Waals surface area (Å²) < 4.78 is 20.6. The van der Waals surface area contributed by atoms with Crippen LogP contribution in [0.25, 0.3) is 16.9 Å². The zero-order valence-corrected chi connectivity index (χ0v) is 18.4. The molecular formula is C27H25FN2O2. The van der Waals surface area contributed by atoms with Gasteiger partial charge in [-0.1, -0.05) is 47.6 Å². The van der Waals surface area contributed by atoms with E-state index in [9.17, 15) is 4.39 Å². The van der Waals surface area contributed by atoms with Gasteiger partial charge in [-0.05, 0) is 67.4 Å². The lowest BCUT2D eigenvalue weighted by Gasteiger charge is -2.13. The number of hydrogen-bond acceptors (Lipinski definition) is 3. The van der Waals surface area contributed by atoms with Crippen molar-refractivity contribution in [3.63, 3.8) is 0 Å². The third kappa shape index (κ3) is 4.57. The van der Waals surface area contributed by atoms with Crippen LogP contribution in [-0.4, -0.2) is 17.4 Å². The van der Waals surface area contributed by atoms with E-state index in [0.717, 1.165) is 45.2 Å². The Kier molecular flexibility index (Phi) is 6.36. The SMILES string of the molecule is COc1ccc(-n2c(-c3ccccc3)cc(/C(C)=N\OCc3ccc(F)cc3)c2C)cc1. The largest absolute Gasteiger partial charge is 0.497 e. The smallest absolute Gasteiger partial charge is 0.142 e. The predicted molar refractivity (Wildman–Crippen MR) is 126 cm³/mol. The van der Waals surface area contributed by atoms with E-state index in [1.165, 1.54) is 12.1 Å². The van der Waals surface area contributed by atoms with E-state index in [1.54, 1.807) is 19.2 Å². The van der Waals surface area contributed by atoms with E-state index >= 15 is 0 Å². The summed E-state index contributed by atoms with van der Waals surface area (Å²) in [6, 6.07) is 26.6. The molecule has 0 aliphatic heterocycles. The summed E-state index contributed by atoms with van der Waals surface area (Å²) in [5, 5.41) is 4.33. The molecule has 0 N–H and O–H groups in total. The quantitative estimate of drug-likeness (QED) is 0.247. The summed E-state index contributed by atoms with van der Waals surface area (Å²) in [6.45, 7) is 4.28. The van der Waals surface area contributed by atoms with Gasteiger partial charge in [0.2, 0.25) is 0 Å². The van der Waals surface area contributed by atoms with Gasteiger partial charge in [0.05, 0.1) is 18.5 Å². The van der Waals surface area contributed by atoms with E-state index in [2.05, 4.69) is 34.8 Å². The van der Waals surface area contributed by atoms with Crippen molar-refractivity contribution in [1.29, 1.82) is 0 Å². The lowest BCUT2D eigenvalue weighted by molar-refractivity contribution is 0.130. The molecule has 0 aliphatic rings. The van der Waals surface area contributed by atoms with Gasteiger partial charge in [0.15, 0.2) is 0 Å². The van der Waals surface area contributed by atoms with Crippen molar-refractivity contribution in [2.24, 2.45) is 5.16 Å². The van der Waals surface area contributed by atoms with E-state index in [0.29, 0.717) is 0 Å². The maximum atomic E-state index is 13.1. The monoisotopic (exact) mass is 428 g/mol. The molecule has 0 saturated carbocycles. The van der Waals surface area contributed by atoms with Crippen molar-refractivity contribution < 1.29 is 14.0 Å². The lowest BCUT2D eigenvalue weighted by atomic mass is 10.1. The second kappa shape index (κ2) is 9.52. The van der Waals surface area contributed by atoms with Gasteiger partial charge in [-0.2, -0.15) is 0 Å². The predicted octanol–water partition coefficient (Wildman–Crippen LogP) is 6.54. The molecule has 0 saturated heterocycles. The number of oxime groups is 1. The molecule has 0 aliphatic carbocycles. The van der Waals surface area contributed by atoms with Gasteiger partial charge in [0.25, 0.3) is 0 Å². The fourth-order valence-electron chi connectivity index (χ4n) is 3.69. The highest BCUT2D eigenvalue weighted by Crippen LogP contribution is 2.30. The zero-order chi connectivity index (χ0) is 22.5. The Morgan fingerprint density at radius 1 is 0.938 bits per heavy atom. The van der Waals surface area contributed by atoms with Crippen molar-refractivity contribution in [3.05, 3.63) is 108 Å². The normalized spacial score (nSPS) is 11.4. The highest BCUT2D eigenvalue weighted by Gasteiger charge is 2.17. The third-order valence-electron chi connectivity index (χ3n) is 5.38. The van der Waals surface area contributed by atoms with E-state index < -0.39 is 0 Å². The number of aromatic nitrogens is 1. The van der Waals surface area contributed by atoms with Crippen molar-refractivity contribution >= 4 is 5.71 Å². The summed E-state index contributed by atoms with van der Waals surface area (Å²) in [5.74, 6) is 0.546. The molecule has 1 heterocycles. The molecule has 0 fully saturated rings. The average Bonchev–Trinajstić information content (AvgIpc) is 3.18. The average molecular weight is 429 g/mol. The highest BCUT2D eigenvalue weighted by atomic mass is 19.1. The molecule has 0 radical (unpaired) electrons. The minimum atomic E-state index is -0.266. The second-order valence-corrected chi connectivity index (χ2v) is 7.50. The molecule has 162 valence electrons. The van der Waals surface area contributed by atoms with Gasteiger partial charge in [-0.3, -0.25) is 0 Å². The molecule has 4 nitrogen and oxygen atoms in total. The van der Waals surface area contributed by atoms with Crippen molar-refractivity contribution in [2.75, 3.05) is 7.11 Å². The van der Waals surface area contributed by atoms with E-state index in [-0.39, 0.29) is 12.4 Å². The fourth-order valence-corrected chi connectivity index (χ4v) is 3.69. The minimum Gasteiger partial charge on any atom is -0.497 e. The number of halogens is 1. The molecular weight excluding hydrogens is 403 g/mol. The first kappa shape index (κ1) is 21.4. The molecule has 0 amide bonds. The molecule has 32 heavy (non-hydrogen) atoms. The van der Waals surface area contributed by atoms with Crippen LogP contribution in [0.1, 0.15) is 23.7 Å². The van der Waals surface area contributed by atoms with Crippen LogP contribution in [0.15, 0.2) is 90.1 Å². The topological polar surface area (TPSA) is 35.8 Å². The lowest BCUT2D eigenvalue weighted by Crippen LogP contribution is -2.02. The van der Waals surface area contributed by atoms with Crippen LogP contribution in [0.5, 0.6) is 5.75 Å². The van der Waals surface area contributed by atoms with Crippen LogP contribution >= 0.6 is 0 Å². The standard InChI is InChI=1S/C27H25FN2O2/c1-19(29-32-18-21-9-11-23(28)12-10-21)26-17-27(22-7-5-4-6-8-22)30(20(26)2)24-13-15-25(31-3)16-14-24/h4-17H,18H2,1-3H3/b29-19-. The van der Waals surface area contributed by atoms with Crippen LogP contribution < -0.4 is 4.74 Å². The van der Waals surface area contributed by atoms with Crippen LogP contribution in [0.2, 0.25) is 0 Å². The van der Waals surface area contributed by atoms with Gasteiger partial charge in [0.1, 0.15) is 18.2 Å². The molecule has 0 unspecified atom stereocenters. The number of hydrogen-bond donors (Lipinski definition) is 0. The molecule has 5 heteroatoms. The summed E-state index contributed by atoms with van der Waals surface area (Å²) in [7, 11) is 1.66. The minimum absolute atomic E-state index is 0.266. The summed E-state index contributed by atoms with van der Waals surface area (Å²) >= 11 is 0. The van der Waals surface area contributed by atoms with E-state index in [4.69, 9.17) is 9.57 Å². The maximum absolute atomic E-state index is 13.1. The van der Waals surface area contributed by atoms with Gasteiger partial charge >= 0.3 is 0 Å². The summed E-state index contributed by atoms with van der Waals surface area (Å²) in [5.41, 5.74) is 6.90. The third-order valence-corrected chi connectivity index (χ3v) is 5.38. The van der Waals surface area contributed by atoms with Crippen LogP contribution in [0.3, 0.4) is 0 Å². The first-order valence-corrected chi connectivity index (χ1v) is 10.4. The zero-order valence-electron chi connectivity index (χ0n) is 18.4. The molecule has 3 aromatic carbocycles. The number of benzene rings is 3. The Hall–Kier alpha value is -3.86. The Morgan fingerprint density at radius 3 is 2.28 bits per heavy atom. The number of ether oxygens (including phenoxy) is 1. The Labute approximate surface area is 187 Å². The fraction of sp³-hybridized carbons (Fsp3) is 0.148. The summed E-state index contributed by atoms with van der Waals surface area (Å²) in [6.07, 6.45) is 0.